The standard InChI is InChI=1S/C23H23N7O6S3/c1-35-7-8-36-28-17(13-11-38-23(24)26-13)19(31)27-18-20(32)30-14(22(33)34)9-12(39-21(18)30)10-37-16-4-2-3-15-25-5-6-29(15)16/h2-6,9,11-12,18,21H,7-8,10H2,1H3,(H2,24,26)(H,27,31)(H,33,34)/b28-17-/t12?,18-,21-/m1/s1. The van der Waals surface area contributed by atoms with Gasteiger partial charge in [0.25, 0.3) is 11.8 Å². The normalized spacial score (nSPS) is 20.8. The molecule has 0 bridgehead atoms. The van der Waals surface area contributed by atoms with Gasteiger partial charge in [0, 0.05) is 35.9 Å². The van der Waals surface area contributed by atoms with Gasteiger partial charge < -0.3 is 25.7 Å². The number of thioether (sulfide) groups is 2. The van der Waals surface area contributed by atoms with Crippen molar-refractivity contribution < 1.29 is 29.1 Å². The molecule has 16 heteroatoms. The van der Waals surface area contributed by atoms with Gasteiger partial charge in [0.15, 0.2) is 10.8 Å². The first-order valence-corrected chi connectivity index (χ1v) is 14.4. The number of rotatable bonds is 11. The minimum atomic E-state index is -1.21. The Balaban J connectivity index is 1.31. The van der Waals surface area contributed by atoms with Crippen molar-refractivity contribution >= 4 is 69.1 Å². The Labute approximate surface area is 234 Å². The minimum Gasteiger partial charge on any atom is -0.477 e. The number of carbonyl (C=O) groups excluding carboxylic acids is 2. The Bertz CT molecular complexity index is 1470. The number of carboxylic acids is 1. The second kappa shape index (κ2) is 11.6. The molecular weight excluding hydrogens is 566 g/mol. The van der Waals surface area contributed by atoms with Crippen molar-refractivity contribution in [1.82, 2.24) is 24.6 Å². The number of aliphatic carboxylic acids is 1. The van der Waals surface area contributed by atoms with E-state index in [2.05, 4.69) is 20.4 Å². The van der Waals surface area contributed by atoms with E-state index in [0.29, 0.717) is 5.75 Å². The van der Waals surface area contributed by atoms with Gasteiger partial charge in [-0.15, -0.1) is 34.9 Å². The Kier molecular flexibility index (Phi) is 8.06. The molecule has 1 unspecified atom stereocenters. The average molecular weight is 590 g/mol. The number of nitrogens with two attached hydrogens (primary N) is 1. The third-order valence-electron chi connectivity index (χ3n) is 5.77. The number of β-lactam (4-membered cyclic amide) rings is 1. The summed E-state index contributed by atoms with van der Waals surface area (Å²) in [4.78, 5) is 52.9. The van der Waals surface area contributed by atoms with Crippen molar-refractivity contribution in [3.8, 4) is 0 Å². The highest BCUT2D eigenvalue weighted by molar-refractivity contribution is 8.04. The van der Waals surface area contributed by atoms with E-state index in [0.717, 1.165) is 22.0 Å². The molecule has 3 atom stereocenters. The van der Waals surface area contributed by atoms with Crippen molar-refractivity contribution in [3.05, 3.63) is 53.4 Å². The third-order valence-corrected chi connectivity index (χ3v) is 9.22. The first kappa shape index (κ1) is 27.0. The third kappa shape index (κ3) is 5.59. The first-order chi connectivity index (χ1) is 18.9. The number of carboxylic acid groups (broad SMARTS) is 1. The minimum absolute atomic E-state index is 0.0976. The van der Waals surface area contributed by atoms with E-state index in [4.69, 9.17) is 15.3 Å². The van der Waals surface area contributed by atoms with E-state index in [1.54, 1.807) is 29.4 Å². The van der Waals surface area contributed by atoms with Gasteiger partial charge in [0.2, 0.25) is 0 Å². The Morgan fingerprint density at radius 2 is 2.18 bits per heavy atom. The SMILES string of the molecule is COCCO/N=C(\C(=O)N[C@@H]1C(=O)N2C(C(=O)O)=CC(CSc3cccc4nccn34)S[C@H]12)c1csc(N)n1. The quantitative estimate of drug-likeness (QED) is 0.0966. The Hall–Kier alpha value is -3.60. The van der Waals surface area contributed by atoms with E-state index in [9.17, 15) is 19.5 Å². The molecule has 1 fully saturated rings. The summed E-state index contributed by atoms with van der Waals surface area (Å²) in [5, 5.41) is 18.3. The van der Waals surface area contributed by atoms with E-state index in [-0.39, 0.29) is 40.7 Å². The number of pyridine rings is 1. The van der Waals surface area contributed by atoms with Crippen LogP contribution < -0.4 is 11.1 Å². The largest absolute Gasteiger partial charge is 0.477 e. The maximum absolute atomic E-state index is 13.2. The molecule has 0 aromatic carbocycles. The fraction of sp³-hybridized carbons (Fsp3) is 0.304. The molecule has 3 aromatic heterocycles. The lowest BCUT2D eigenvalue weighted by molar-refractivity contribution is -0.150. The van der Waals surface area contributed by atoms with E-state index < -0.39 is 29.2 Å². The topological polar surface area (TPSA) is 174 Å². The molecule has 2 amide bonds. The predicted molar refractivity (Wildman–Crippen MR) is 146 cm³/mol. The molecule has 0 aliphatic carbocycles. The van der Waals surface area contributed by atoms with Gasteiger partial charge in [0.05, 0.1) is 11.6 Å². The number of imidazole rings is 1. The fourth-order valence-electron chi connectivity index (χ4n) is 3.98. The van der Waals surface area contributed by atoms with Crippen LogP contribution in [-0.4, -0.2) is 90.6 Å². The number of hydrogen-bond donors (Lipinski definition) is 3. The summed E-state index contributed by atoms with van der Waals surface area (Å²) in [6.07, 6.45) is 5.15. The van der Waals surface area contributed by atoms with Crippen LogP contribution >= 0.6 is 34.9 Å². The van der Waals surface area contributed by atoms with Crippen LogP contribution in [0.5, 0.6) is 0 Å². The van der Waals surface area contributed by atoms with Crippen LogP contribution in [0.25, 0.3) is 5.65 Å². The van der Waals surface area contributed by atoms with E-state index in [1.807, 2.05) is 28.8 Å². The van der Waals surface area contributed by atoms with Crippen molar-refractivity contribution in [2.75, 3.05) is 31.8 Å². The maximum atomic E-state index is 13.2. The summed E-state index contributed by atoms with van der Waals surface area (Å²) in [5.74, 6) is -1.89. The van der Waals surface area contributed by atoms with Gasteiger partial charge in [-0.1, -0.05) is 11.2 Å². The molecule has 2 aliphatic rings. The van der Waals surface area contributed by atoms with Crippen molar-refractivity contribution in [3.63, 3.8) is 0 Å². The summed E-state index contributed by atoms with van der Waals surface area (Å²) in [6, 6.07) is 4.80. The van der Waals surface area contributed by atoms with Crippen molar-refractivity contribution in [2.24, 2.45) is 5.16 Å². The van der Waals surface area contributed by atoms with Gasteiger partial charge in [-0.25, -0.2) is 14.8 Å². The molecule has 2 aliphatic heterocycles. The lowest BCUT2D eigenvalue weighted by Crippen LogP contribution is -2.71. The number of aromatic nitrogens is 3. The monoisotopic (exact) mass is 589 g/mol. The smallest absolute Gasteiger partial charge is 0.352 e. The van der Waals surface area contributed by atoms with E-state index in [1.165, 1.54) is 23.8 Å². The second-order valence-corrected chi connectivity index (χ2v) is 11.5. The van der Waals surface area contributed by atoms with Gasteiger partial charge in [-0.2, -0.15) is 0 Å². The summed E-state index contributed by atoms with van der Waals surface area (Å²) in [5.41, 5.74) is 6.47. The van der Waals surface area contributed by atoms with Crippen LogP contribution in [0.15, 0.2) is 57.9 Å². The van der Waals surface area contributed by atoms with Crippen LogP contribution in [0.3, 0.4) is 0 Å². The molecule has 1 saturated heterocycles. The van der Waals surface area contributed by atoms with Gasteiger partial charge in [-0.05, 0) is 18.2 Å². The number of amides is 2. The number of methoxy groups -OCH3 is 1. The molecule has 204 valence electrons. The Morgan fingerprint density at radius 3 is 2.92 bits per heavy atom. The zero-order valence-corrected chi connectivity index (χ0v) is 22.9. The highest BCUT2D eigenvalue weighted by Crippen LogP contribution is 2.42. The molecule has 0 spiro atoms. The van der Waals surface area contributed by atoms with Crippen LogP contribution in [0.1, 0.15) is 5.69 Å². The molecular formula is C23H23N7O6S3. The number of fused-ring (bicyclic) bond motifs is 2. The highest BCUT2D eigenvalue weighted by Gasteiger charge is 2.54. The summed E-state index contributed by atoms with van der Waals surface area (Å²) in [6.45, 7) is 0.353. The zero-order valence-electron chi connectivity index (χ0n) is 20.4. The summed E-state index contributed by atoms with van der Waals surface area (Å²) in [7, 11) is 1.50. The number of hydrogen-bond acceptors (Lipinski definition) is 12. The summed E-state index contributed by atoms with van der Waals surface area (Å²) >= 11 is 4.07. The van der Waals surface area contributed by atoms with Crippen LogP contribution in [0.4, 0.5) is 5.13 Å². The highest BCUT2D eigenvalue weighted by atomic mass is 32.2. The molecule has 5 heterocycles. The number of nitrogens with one attached hydrogen (secondary N) is 1. The number of nitrogen functional groups attached to an aromatic ring is 1. The first-order valence-electron chi connectivity index (χ1n) is 11.6. The number of thiazole rings is 1. The fourth-order valence-corrected chi connectivity index (χ4v) is 7.19. The van der Waals surface area contributed by atoms with E-state index >= 15 is 0 Å². The second-order valence-electron chi connectivity index (χ2n) is 8.25. The van der Waals surface area contributed by atoms with Crippen molar-refractivity contribution in [2.45, 2.75) is 21.7 Å². The van der Waals surface area contributed by atoms with Crippen LogP contribution in [0, 0.1) is 0 Å². The van der Waals surface area contributed by atoms with Gasteiger partial charge >= 0.3 is 5.97 Å². The number of ether oxygens (including phenoxy) is 1. The average Bonchev–Trinajstić information content (AvgIpc) is 3.59. The molecule has 5 rings (SSSR count). The molecule has 39 heavy (non-hydrogen) atoms. The molecule has 0 saturated carbocycles. The molecule has 0 radical (unpaired) electrons. The molecule has 3 aromatic rings. The number of nitrogens with zero attached hydrogens (tertiary/aromatic N) is 5. The number of carbonyl (C=O) groups is 3. The maximum Gasteiger partial charge on any atom is 0.352 e. The lowest BCUT2D eigenvalue weighted by Gasteiger charge is -2.49. The van der Waals surface area contributed by atoms with Crippen LogP contribution in [0.2, 0.25) is 0 Å². The van der Waals surface area contributed by atoms with Gasteiger partial charge in [0.1, 0.15) is 35.1 Å². The van der Waals surface area contributed by atoms with Crippen LogP contribution in [-0.2, 0) is 24.0 Å². The molecule has 4 N–H and O–H groups in total. The van der Waals surface area contributed by atoms with Crippen molar-refractivity contribution in [1.29, 1.82) is 0 Å². The predicted octanol–water partition coefficient (Wildman–Crippen LogP) is 1.27. The lowest BCUT2D eigenvalue weighted by atomic mass is 10.0. The zero-order chi connectivity index (χ0) is 27.5. The molecule has 13 nitrogen and oxygen atoms in total. The summed E-state index contributed by atoms with van der Waals surface area (Å²) < 4.78 is 6.87. The number of anilines is 1. The number of oxime groups is 1. The van der Waals surface area contributed by atoms with Gasteiger partial charge in [-0.3, -0.25) is 18.9 Å². The Morgan fingerprint density at radius 1 is 1.33 bits per heavy atom.